The van der Waals surface area contributed by atoms with Crippen LogP contribution in [0.3, 0.4) is 0 Å². The lowest BCUT2D eigenvalue weighted by atomic mass is 10.0. The topological polar surface area (TPSA) is 361 Å². The molecule has 0 spiro atoms. The van der Waals surface area contributed by atoms with E-state index in [0.29, 0.717) is 0 Å². The Morgan fingerprint density at radius 3 is 1.08 bits per heavy atom. The average Bonchev–Trinajstić information content (AvgIpc) is 2.81. The molecular weight excluding hydrogens is 516 g/mol. The molecular formula is C18H19N18O3+. The van der Waals surface area contributed by atoms with E-state index in [1.807, 2.05) is 0 Å². The molecule has 0 unspecified atom stereocenters. The average molecular weight is 535 g/mol. The van der Waals surface area contributed by atoms with Gasteiger partial charge in [-0.2, -0.15) is 34.9 Å². The Kier molecular flexibility index (Phi) is 6.80. The van der Waals surface area contributed by atoms with E-state index in [2.05, 4.69) is 66.5 Å². The van der Waals surface area contributed by atoms with Crippen LogP contribution in [0.15, 0.2) is 18.2 Å². The zero-order chi connectivity index (χ0) is 28.3. The van der Waals surface area contributed by atoms with E-state index in [9.17, 15) is 14.4 Å². The first kappa shape index (κ1) is 25.7. The number of aromatic nitrogens is 9. The lowest BCUT2D eigenvalue weighted by Gasteiger charge is -2.11. The van der Waals surface area contributed by atoms with Crippen LogP contribution >= 0.6 is 0 Å². The number of carbonyl (C=O) groups is 3. The molecule has 39 heavy (non-hydrogen) atoms. The van der Waals surface area contributed by atoms with Gasteiger partial charge in [-0.3, -0.25) is 36.1 Å². The summed E-state index contributed by atoms with van der Waals surface area (Å²) in [6.07, 6.45) is 0. The maximum absolute atomic E-state index is 13.0. The van der Waals surface area contributed by atoms with Crippen LogP contribution in [0.5, 0.6) is 0 Å². The minimum Gasteiger partial charge on any atom is -0.368 e. The summed E-state index contributed by atoms with van der Waals surface area (Å²) in [5, 5.41) is 7.09. The Hall–Kier alpha value is -6.38. The molecule has 0 aliphatic rings. The van der Waals surface area contributed by atoms with Crippen LogP contribution in [0.4, 0.5) is 53.5 Å². The van der Waals surface area contributed by atoms with E-state index in [1.165, 1.54) is 12.1 Å². The van der Waals surface area contributed by atoms with Gasteiger partial charge in [0.1, 0.15) is 0 Å². The van der Waals surface area contributed by atoms with E-state index < -0.39 is 17.7 Å². The molecule has 21 nitrogen and oxygen atoms in total. The molecule has 4 aromatic rings. The van der Waals surface area contributed by atoms with Crippen molar-refractivity contribution in [1.29, 1.82) is 0 Å². The molecule has 16 N–H and O–H groups in total. The molecule has 0 bridgehead atoms. The van der Waals surface area contributed by atoms with Crippen molar-refractivity contribution in [3.8, 4) is 0 Å². The first-order chi connectivity index (χ1) is 18.4. The van der Waals surface area contributed by atoms with Gasteiger partial charge in [-0.25, -0.2) is 0 Å². The smallest absolute Gasteiger partial charge is 0.330 e. The summed E-state index contributed by atoms with van der Waals surface area (Å²) in [4.78, 5) is 72.6. The summed E-state index contributed by atoms with van der Waals surface area (Å²) < 4.78 is 0. The predicted octanol–water partition coefficient (Wildman–Crippen LogP) is -3.22. The number of rotatable bonds is 6. The van der Waals surface area contributed by atoms with Crippen LogP contribution in [0.1, 0.15) is 31.1 Å². The third-order valence-electron chi connectivity index (χ3n) is 4.43. The number of anilines is 8. The van der Waals surface area contributed by atoms with Gasteiger partial charge < -0.3 is 28.7 Å². The fourth-order valence-corrected chi connectivity index (χ4v) is 2.97. The highest BCUT2D eigenvalue weighted by Gasteiger charge is 2.20. The molecule has 21 heteroatoms. The zero-order valence-electron chi connectivity index (χ0n) is 19.6. The number of hydrogen-bond acceptors (Lipinski definition) is 17. The summed E-state index contributed by atoms with van der Waals surface area (Å²) in [6, 6.07) is 3.51. The highest BCUT2D eigenvalue weighted by Crippen LogP contribution is 2.16. The third-order valence-corrected chi connectivity index (χ3v) is 4.43. The third kappa shape index (κ3) is 6.44. The molecule has 0 aliphatic heterocycles. The molecule has 0 radical (unpaired) electrons. The quantitative estimate of drug-likeness (QED) is 0.117. The number of quaternary nitrogens is 1. The Balaban J connectivity index is 1.69. The summed E-state index contributed by atoms with van der Waals surface area (Å²) in [5.74, 6) is -4.42. The van der Waals surface area contributed by atoms with Crippen LogP contribution in [0.2, 0.25) is 0 Å². The van der Waals surface area contributed by atoms with Crippen molar-refractivity contribution < 1.29 is 20.1 Å². The van der Waals surface area contributed by atoms with Gasteiger partial charge in [0.2, 0.25) is 47.6 Å². The maximum atomic E-state index is 13.0. The Morgan fingerprint density at radius 1 is 0.487 bits per heavy atom. The van der Waals surface area contributed by atoms with E-state index >= 15 is 0 Å². The number of nitrogen functional groups attached to an aromatic ring is 5. The summed E-state index contributed by atoms with van der Waals surface area (Å²) in [7, 11) is 0. The number of nitrogens with one attached hydrogen (secondary N) is 3. The van der Waals surface area contributed by atoms with Gasteiger partial charge >= 0.3 is 5.95 Å². The van der Waals surface area contributed by atoms with Crippen LogP contribution in [-0.2, 0) is 0 Å². The van der Waals surface area contributed by atoms with Gasteiger partial charge in [0.25, 0.3) is 17.7 Å². The SMILES string of the molecule is Nc1nc(N)nc(NC(=O)c2cc(C(=O)Nc3nc(N)nc(N)n3)cc(C(=O)Nc3nc(N)nc([NH3+])n3)c2)n1. The van der Waals surface area contributed by atoms with E-state index in [4.69, 9.17) is 28.7 Å². The highest BCUT2D eigenvalue weighted by molar-refractivity contribution is 6.12. The molecule has 198 valence electrons. The maximum Gasteiger partial charge on any atom is 0.330 e. The number of carbonyl (C=O) groups excluding carboxylic acids is 3. The number of nitrogens with two attached hydrogens (primary N) is 5. The van der Waals surface area contributed by atoms with Crippen molar-refractivity contribution >= 4 is 71.3 Å². The second kappa shape index (κ2) is 10.3. The molecule has 0 atom stereocenters. The Bertz CT molecular complexity index is 1360. The monoisotopic (exact) mass is 535 g/mol. The van der Waals surface area contributed by atoms with Gasteiger partial charge in [-0.15, -0.1) is 9.97 Å². The van der Waals surface area contributed by atoms with Crippen molar-refractivity contribution in [2.45, 2.75) is 0 Å². The Labute approximate surface area is 216 Å². The second-order valence-corrected chi connectivity index (χ2v) is 7.35. The highest BCUT2D eigenvalue weighted by atomic mass is 16.2. The number of nitrogens with zero attached hydrogens (tertiary/aromatic N) is 9. The lowest BCUT2D eigenvalue weighted by molar-refractivity contribution is -0.266. The van der Waals surface area contributed by atoms with E-state index in [0.717, 1.165) is 6.07 Å². The lowest BCUT2D eigenvalue weighted by Crippen LogP contribution is -2.43. The predicted molar refractivity (Wildman–Crippen MR) is 134 cm³/mol. The molecule has 3 amide bonds. The van der Waals surface area contributed by atoms with E-state index in [-0.39, 0.29) is 70.2 Å². The molecule has 3 aromatic heterocycles. The summed E-state index contributed by atoms with van der Waals surface area (Å²) >= 11 is 0. The van der Waals surface area contributed by atoms with Crippen LogP contribution in [0, 0.1) is 0 Å². The van der Waals surface area contributed by atoms with Gasteiger partial charge in [0.05, 0.1) is 0 Å². The van der Waals surface area contributed by atoms with Crippen molar-refractivity contribution in [2.24, 2.45) is 0 Å². The molecule has 0 fully saturated rings. The molecule has 3 heterocycles. The standard InChI is InChI=1S/C18H18N18O3/c19-10-28-11(20)32-16(31-10)25-7(37)4-1-5(8(38)26-17-33-12(21)29-13(22)34-17)3-6(2-4)9(39)27-18-35-14(23)30-15(24)36-18/h1-3H,(H5,19,20,25,28,31,32,37)(H5,21,22,26,29,33,34,38)(H5,23,24,27,30,35,36,39)/p+1. The van der Waals surface area contributed by atoms with Gasteiger partial charge in [-0.05, 0) is 18.2 Å². The van der Waals surface area contributed by atoms with Gasteiger partial charge in [0.15, 0.2) is 0 Å². The number of hydrogen-bond donors (Lipinski definition) is 9. The Morgan fingerprint density at radius 2 is 0.769 bits per heavy atom. The fraction of sp³-hybridized carbons (Fsp3) is 0. The summed E-state index contributed by atoms with van der Waals surface area (Å²) in [6.45, 7) is 0. The first-order valence-corrected chi connectivity index (χ1v) is 10.4. The van der Waals surface area contributed by atoms with Crippen molar-refractivity contribution in [3.63, 3.8) is 0 Å². The number of benzene rings is 1. The second-order valence-electron chi connectivity index (χ2n) is 7.35. The zero-order valence-corrected chi connectivity index (χ0v) is 19.6. The van der Waals surface area contributed by atoms with E-state index in [1.54, 1.807) is 0 Å². The normalized spacial score (nSPS) is 10.5. The van der Waals surface area contributed by atoms with Crippen LogP contribution in [0.25, 0.3) is 0 Å². The molecule has 0 saturated carbocycles. The van der Waals surface area contributed by atoms with Crippen LogP contribution in [-0.4, -0.2) is 62.6 Å². The molecule has 4 rings (SSSR count). The van der Waals surface area contributed by atoms with Crippen molar-refractivity contribution in [2.75, 3.05) is 44.6 Å². The molecule has 0 aliphatic carbocycles. The summed E-state index contributed by atoms with van der Waals surface area (Å²) in [5.41, 5.74) is 30.7. The van der Waals surface area contributed by atoms with Gasteiger partial charge in [0, 0.05) is 16.7 Å². The largest absolute Gasteiger partial charge is 0.368 e. The number of amides is 3. The molecule has 1 aromatic carbocycles. The minimum absolute atomic E-state index is 0.00205. The molecule has 0 saturated heterocycles. The van der Waals surface area contributed by atoms with Gasteiger partial charge in [-0.1, -0.05) is 0 Å². The van der Waals surface area contributed by atoms with Crippen molar-refractivity contribution in [1.82, 2.24) is 44.9 Å². The fourth-order valence-electron chi connectivity index (χ4n) is 2.97. The minimum atomic E-state index is -0.832. The van der Waals surface area contributed by atoms with Crippen molar-refractivity contribution in [3.05, 3.63) is 34.9 Å². The first-order valence-electron chi connectivity index (χ1n) is 10.4. The van der Waals surface area contributed by atoms with Crippen LogP contribution < -0.4 is 50.4 Å².